The number of sulfonamides is 1. The highest BCUT2D eigenvalue weighted by atomic mass is 32.2. The molecule has 1 aromatic heterocycles. The van der Waals surface area contributed by atoms with Gasteiger partial charge >= 0.3 is 0 Å². The molecular formula is C20H22F2N4O2S2. The summed E-state index contributed by atoms with van der Waals surface area (Å²) in [6.45, 7) is 2.17. The van der Waals surface area contributed by atoms with E-state index >= 15 is 0 Å². The average molecular weight is 453 g/mol. The normalized spacial score (nSPS) is 11.7. The van der Waals surface area contributed by atoms with Gasteiger partial charge in [0.1, 0.15) is 16.5 Å². The van der Waals surface area contributed by atoms with E-state index in [4.69, 9.17) is 0 Å². The van der Waals surface area contributed by atoms with Gasteiger partial charge in [0.15, 0.2) is 5.82 Å². The number of hydrogen-bond acceptors (Lipinski definition) is 6. The van der Waals surface area contributed by atoms with Crippen LogP contribution in [0.5, 0.6) is 0 Å². The van der Waals surface area contributed by atoms with E-state index in [1.165, 1.54) is 47.4 Å². The van der Waals surface area contributed by atoms with Gasteiger partial charge < -0.3 is 10.2 Å². The van der Waals surface area contributed by atoms with Crippen molar-refractivity contribution < 1.29 is 17.2 Å². The molecule has 0 aliphatic rings. The minimum Gasteiger partial charge on any atom is -0.381 e. The molecule has 0 saturated carbocycles. The molecule has 10 heteroatoms. The number of nitrogens with one attached hydrogen (secondary N) is 2. The van der Waals surface area contributed by atoms with Crippen molar-refractivity contribution in [1.82, 2.24) is 9.88 Å². The van der Waals surface area contributed by atoms with Crippen molar-refractivity contribution in [3.8, 4) is 0 Å². The van der Waals surface area contributed by atoms with Gasteiger partial charge in [-0.2, -0.15) is 0 Å². The molecule has 3 aromatic rings. The minimum atomic E-state index is -4.12. The average Bonchev–Trinajstić information content (AvgIpc) is 3.16. The lowest BCUT2D eigenvalue weighted by Crippen LogP contribution is -2.17. The Kier molecular flexibility index (Phi) is 6.69. The second-order valence-corrected chi connectivity index (χ2v) is 9.37. The summed E-state index contributed by atoms with van der Waals surface area (Å²) in [5.74, 6) is -1.09. The van der Waals surface area contributed by atoms with Crippen LogP contribution in [-0.2, 0) is 23.1 Å². The molecule has 0 radical (unpaired) electrons. The Hall–Kier alpha value is -2.56. The lowest BCUT2D eigenvalue weighted by atomic mass is 10.1. The summed E-state index contributed by atoms with van der Waals surface area (Å²) < 4.78 is 56.5. The van der Waals surface area contributed by atoms with Crippen molar-refractivity contribution in [3.63, 3.8) is 0 Å². The van der Waals surface area contributed by atoms with Crippen molar-refractivity contribution in [2.24, 2.45) is 0 Å². The summed E-state index contributed by atoms with van der Waals surface area (Å²) in [4.78, 5) is 5.31. The van der Waals surface area contributed by atoms with E-state index < -0.39 is 20.7 Å². The fourth-order valence-corrected chi connectivity index (χ4v) is 4.68. The van der Waals surface area contributed by atoms with Crippen molar-refractivity contribution in [1.29, 1.82) is 0 Å². The van der Waals surface area contributed by atoms with Crippen LogP contribution in [0.15, 0.2) is 46.1 Å². The fourth-order valence-electron chi connectivity index (χ4n) is 2.99. The minimum absolute atomic E-state index is 0.127. The first-order valence-electron chi connectivity index (χ1n) is 9.04. The molecule has 0 atom stereocenters. The highest BCUT2D eigenvalue weighted by molar-refractivity contribution is 7.92. The summed E-state index contributed by atoms with van der Waals surface area (Å²) in [5, 5.41) is 4.54. The topological polar surface area (TPSA) is 74.3 Å². The van der Waals surface area contributed by atoms with Crippen molar-refractivity contribution >= 4 is 32.9 Å². The Labute approximate surface area is 178 Å². The second kappa shape index (κ2) is 9.07. The zero-order chi connectivity index (χ0) is 21.9. The van der Waals surface area contributed by atoms with Gasteiger partial charge in [-0.3, -0.25) is 4.72 Å². The summed E-state index contributed by atoms with van der Waals surface area (Å²) >= 11 is 1.22. The molecule has 160 valence electrons. The number of anilines is 2. The number of halogens is 2. The molecule has 0 bridgehead atoms. The summed E-state index contributed by atoms with van der Waals surface area (Å²) in [6, 6.07) is 7.52. The first-order valence-corrected chi connectivity index (χ1v) is 11.5. The van der Waals surface area contributed by atoms with Gasteiger partial charge in [-0.25, -0.2) is 22.2 Å². The van der Waals surface area contributed by atoms with E-state index in [-0.39, 0.29) is 23.7 Å². The van der Waals surface area contributed by atoms with Crippen LogP contribution in [0, 0.1) is 18.6 Å². The third-order valence-corrected chi connectivity index (χ3v) is 6.43. The molecule has 30 heavy (non-hydrogen) atoms. The van der Waals surface area contributed by atoms with Gasteiger partial charge in [0.2, 0.25) is 0 Å². The highest BCUT2D eigenvalue weighted by Crippen LogP contribution is 2.27. The number of thiazole rings is 1. The molecule has 6 nitrogen and oxygen atoms in total. The third-order valence-electron chi connectivity index (χ3n) is 4.47. The Bertz CT molecular complexity index is 1130. The number of aromatic nitrogens is 1. The fraction of sp³-hybridized carbons (Fsp3) is 0.250. The van der Waals surface area contributed by atoms with E-state index in [1.807, 2.05) is 25.1 Å². The number of hydrogen-bond donors (Lipinski definition) is 2. The zero-order valence-corrected chi connectivity index (χ0v) is 18.4. The molecular weight excluding hydrogens is 430 g/mol. The standard InChI is InChI=1S/C20H22F2N4O2S2/c1-13-17(23-9-15-14(10-26(2)3)5-4-6-16(15)21)7-8-18(20(13)22)30(27,28)25-19-11-29-12-24-19/h4-8,11-12,23,25H,9-10H2,1-3H3. The smallest absolute Gasteiger partial charge is 0.266 e. The van der Waals surface area contributed by atoms with Gasteiger partial charge in [-0.15, -0.1) is 11.3 Å². The Balaban J connectivity index is 1.84. The highest BCUT2D eigenvalue weighted by Gasteiger charge is 2.23. The van der Waals surface area contributed by atoms with Crippen LogP contribution in [0.2, 0.25) is 0 Å². The van der Waals surface area contributed by atoms with E-state index in [0.29, 0.717) is 17.8 Å². The molecule has 0 saturated heterocycles. The zero-order valence-electron chi connectivity index (χ0n) is 16.7. The van der Waals surface area contributed by atoms with Crippen LogP contribution in [0.1, 0.15) is 16.7 Å². The second-order valence-electron chi connectivity index (χ2n) is 7.00. The monoisotopic (exact) mass is 452 g/mol. The first kappa shape index (κ1) is 22.1. The lowest BCUT2D eigenvalue weighted by molar-refractivity contribution is 0.399. The van der Waals surface area contributed by atoms with Gasteiger partial charge in [0.05, 0.1) is 5.51 Å². The van der Waals surface area contributed by atoms with E-state index in [2.05, 4.69) is 15.0 Å². The quantitative estimate of drug-likeness (QED) is 0.536. The molecule has 0 amide bonds. The molecule has 0 aliphatic heterocycles. The summed E-state index contributed by atoms with van der Waals surface area (Å²) in [6.07, 6.45) is 0. The van der Waals surface area contributed by atoms with E-state index in [9.17, 15) is 17.2 Å². The molecule has 0 unspecified atom stereocenters. The van der Waals surface area contributed by atoms with Crippen LogP contribution in [-0.4, -0.2) is 32.4 Å². The Morgan fingerprint density at radius 3 is 2.60 bits per heavy atom. The number of nitrogens with zero attached hydrogens (tertiary/aromatic N) is 2. The molecule has 2 aromatic carbocycles. The van der Waals surface area contributed by atoms with E-state index in [1.54, 1.807) is 6.07 Å². The summed E-state index contributed by atoms with van der Waals surface area (Å²) in [7, 11) is -0.343. The van der Waals surface area contributed by atoms with Gasteiger partial charge in [0, 0.05) is 35.3 Å². The predicted molar refractivity (Wildman–Crippen MR) is 115 cm³/mol. The van der Waals surface area contributed by atoms with Gasteiger partial charge in [0.25, 0.3) is 10.0 Å². The van der Waals surface area contributed by atoms with Crippen LogP contribution in [0.25, 0.3) is 0 Å². The van der Waals surface area contributed by atoms with Crippen LogP contribution < -0.4 is 10.0 Å². The molecule has 2 N–H and O–H groups in total. The third kappa shape index (κ3) is 4.94. The van der Waals surface area contributed by atoms with Crippen molar-refractivity contribution in [2.75, 3.05) is 24.1 Å². The number of rotatable bonds is 8. The van der Waals surface area contributed by atoms with Gasteiger partial charge in [-0.1, -0.05) is 12.1 Å². The lowest BCUT2D eigenvalue weighted by Gasteiger charge is -2.17. The molecule has 3 rings (SSSR count). The maximum Gasteiger partial charge on any atom is 0.266 e. The molecule has 0 spiro atoms. The van der Waals surface area contributed by atoms with Crippen LogP contribution >= 0.6 is 11.3 Å². The number of benzene rings is 2. The van der Waals surface area contributed by atoms with Crippen molar-refractivity contribution in [2.45, 2.75) is 24.9 Å². The van der Waals surface area contributed by atoms with Crippen LogP contribution in [0.4, 0.5) is 20.3 Å². The molecule has 0 aliphatic carbocycles. The SMILES string of the molecule is Cc1c(NCc2c(F)cccc2CN(C)C)ccc(S(=O)(=O)Nc2cscn2)c1F. The first-order chi connectivity index (χ1) is 14.2. The van der Waals surface area contributed by atoms with Gasteiger partial charge in [-0.05, 0) is 44.8 Å². The summed E-state index contributed by atoms with van der Waals surface area (Å²) in [5.41, 5.74) is 3.28. The Morgan fingerprint density at radius 2 is 1.93 bits per heavy atom. The maximum absolute atomic E-state index is 14.9. The Morgan fingerprint density at radius 1 is 1.17 bits per heavy atom. The van der Waals surface area contributed by atoms with E-state index in [0.717, 1.165) is 5.56 Å². The largest absolute Gasteiger partial charge is 0.381 e. The maximum atomic E-state index is 14.9. The van der Waals surface area contributed by atoms with Crippen molar-refractivity contribution in [3.05, 3.63) is 69.5 Å². The van der Waals surface area contributed by atoms with Crippen LogP contribution in [0.3, 0.4) is 0 Å². The predicted octanol–water partition coefficient (Wildman–Crippen LogP) is 4.20. The molecule has 1 heterocycles. The molecule has 0 fully saturated rings.